The highest BCUT2D eigenvalue weighted by Crippen LogP contribution is 2.27. The fraction of sp³-hybridized carbons (Fsp3) is 0.167. The summed E-state index contributed by atoms with van der Waals surface area (Å²) in [6, 6.07) is 8.16. The van der Waals surface area contributed by atoms with Gasteiger partial charge in [-0.05, 0) is 30.3 Å². The van der Waals surface area contributed by atoms with Crippen LogP contribution in [-0.2, 0) is 16.6 Å². The fourth-order valence-corrected chi connectivity index (χ4v) is 3.24. The Morgan fingerprint density at radius 2 is 2.15 bits per heavy atom. The molecule has 0 aliphatic rings. The lowest BCUT2D eigenvalue weighted by molar-refractivity contribution is 0.402. The molecule has 8 heteroatoms. The normalized spacial score (nSPS) is 11.3. The Kier molecular flexibility index (Phi) is 4.69. The molecule has 0 spiro atoms. The minimum absolute atomic E-state index is 0.0614. The molecule has 0 unspecified atom stereocenters. The van der Waals surface area contributed by atoms with Crippen molar-refractivity contribution in [2.75, 3.05) is 7.11 Å². The number of ether oxygens (including phenoxy) is 1. The van der Waals surface area contributed by atoms with Crippen LogP contribution in [0.3, 0.4) is 0 Å². The van der Waals surface area contributed by atoms with E-state index in [1.54, 1.807) is 24.3 Å². The van der Waals surface area contributed by atoms with Crippen LogP contribution < -0.4 is 9.46 Å². The summed E-state index contributed by atoms with van der Waals surface area (Å²) in [5.74, 6) is 0.278. The van der Waals surface area contributed by atoms with Gasteiger partial charge in [-0.25, -0.2) is 13.1 Å². The van der Waals surface area contributed by atoms with Crippen LogP contribution in [0, 0.1) is 0 Å². The van der Waals surface area contributed by atoms with Gasteiger partial charge in [0.1, 0.15) is 10.6 Å². The summed E-state index contributed by atoms with van der Waals surface area (Å²) in [4.78, 5) is 0.0678. The molecular weight excluding hydrogens is 346 g/mol. The molecular formula is C12H12BrN3O3S. The zero-order valence-electron chi connectivity index (χ0n) is 10.6. The number of methoxy groups -OCH3 is 1. The molecule has 0 saturated carbocycles. The van der Waals surface area contributed by atoms with Crippen molar-refractivity contribution in [2.45, 2.75) is 11.4 Å². The van der Waals surface area contributed by atoms with Crippen LogP contribution in [0.4, 0.5) is 0 Å². The average Bonchev–Trinajstić information content (AvgIpc) is 2.46. The van der Waals surface area contributed by atoms with Gasteiger partial charge in [0, 0.05) is 10.7 Å². The first kappa shape index (κ1) is 14.9. The summed E-state index contributed by atoms with van der Waals surface area (Å²) in [5, 5.41) is 7.51. The number of nitrogens with zero attached hydrogens (tertiary/aromatic N) is 2. The largest absolute Gasteiger partial charge is 0.495 e. The van der Waals surface area contributed by atoms with E-state index in [9.17, 15) is 8.42 Å². The SMILES string of the molecule is COc1ccc(Br)cc1S(=O)(=O)NCc1cccnn1. The van der Waals surface area contributed by atoms with Gasteiger partial charge < -0.3 is 4.74 Å². The summed E-state index contributed by atoms with van der Waals surface area (Å²) in [6.07, 6.45) is 1.52. The van der Waals surface area contributed by atoms with Crippen molar-refractivity contribution in [1.29, 1.82) is 0 Å². The Morgan fingerprint density at radius 1 is 1.35 bits per heavy atom. The number of benzene rings is 1. The molecule has 1 aromatic carbocycles. The first-order chi connectivity index (χ1) is 9.53. The fourth-order valence-electron chi connectivity index (χ4n) is 1.53. The summed E-state index contributed by atoms with van der Waals surface area (Å²) in [6.45, 7) is 0.0614. The second-order valence-corrected chi connectivity index (χ2v) is 6.49. The van der Waals surface area contributed by atoms with Crippen molar-refractivity contribution in [3.63, 3.8) is 0 Å². The van der Waals surface area contributed by atoms with E-state index in [1.165, 1.54) is 19.4 Å². The van der Waals surface area contributed by atoms with E-state index in [2.05, 4.69) is 30.8 Å². The van der Waals surface area contributed by atoms with E-state index >= 15 is 0 Å². The highest BCUT2D eigenvalue weighted by molar-refractivity contribution is 9.10. The zero-order chi connectivity index (χ0) is 14.6. The summed E-state index contributed by atoms with van der Waals surface area (Å²) in [5.41, 5.74) is 0.532. The lowest BCUT2D eigenvalue weighted by Crippen LogP contribution is -2.24. The quantitative estimate of drug-likeness (QED) is 0.880. The molecule has 1 heterocycles. The number of hydrogen-bond acceptors (Lipinski definition) is 5. The third-order valence-electron chi connectivity index (χ3n) is 2.49. The van der Waals surface area contributed by atoms with Crippen molar-refractivity contribution in [3.05, 3.63) is 46.7 Å². The standard InChI is InChI=1S/C12H12BrN3O3S/c1-19-11-5-4-9(13)7-12(11)20(17,18)15-8-10-3-2-6-14-16-10/h2-7,15H,8H2,1H3. The predicted molar refractivity (Wildman–Crippen MR) is 76.8 cm³/mol. The minimum atomic E-state index is -3.70. The third kappa shape index (κ3) is 3.53. The first-order valence-corrected chi connectivity index (χ1v) is 7.90. The van der Waals surface area contributed by atoms with Crippen LogP contribution >= 0.6 is 15.9 Å². The number of hydrogen-bond donors (Lipinski definition) is 1. The van der Waals surface area contributed by atoms with E-state index in [0.29, 0.717) is 10.2 Å². The highest BCUT2D eigenvalue weighted by Gasteiger charge is 2.19. The van der Waals surface area contributed by atoms with Gasteiger partial charge in [0.05, 0.1) is 19.3 Å². The maximum atomic E-state index is 12.3. The molecule has 2 rings (SSSR count). The number of halogens is 1. The number of nitrogens with one attached hydrogen (secondary N) is 1. The number of rotatable bonds is 5. The van der Waals surface area contributed by atoms with Gasteiger partial charge in [-0.3, -0.25) is 0 Å². The zero-order valence-corrected chi connectivity index (χ0v) is 13.0. The number of aromatic nitrogens is 2. The van der Waals surface area contributed by atoms with Gasteiger partial charge in [-0.2, -0.15) is 10.2 Å². The van der Waals surface area contributed by atoms with Crippen LogP contribution in [0.2, 0.25) is 0 Å². The molecule has 0 atom stereocenters. The van der Waals surface area contributed by atoms with Gasteiger partial charge in [0.15, 0.2) is 0 Å². The molecule has 0 aliphatic carbocycles. The molecule has 0 fully saturated rings. The number of sulfonamides is 1. The average molecular weight is 358 g/mol. The van der Waals surface area contributed by atoms with Gasteiger partial charge >= 0.3 is 0 Å². The van der Waals surface area contributed by atoms with E-state index in [-0.39, 0.29) is 17.2 Å². The van der Waals surface area contributed by atoms with Crippen molar-refractivity contribution >= 4 is 26.0 Å². The minimum Gasteiger partial charge on any atom is -0.495 e. The van der Waals surface area contributed by atoms with Crippen LogP contribution in [0.25, 0.3) is 0 Å². The summed E-state index contributed by atoms with van der Waals surface area (Å²) < 4.78 is 32.7. The van der Waals surface area contributed by atoms with Crippen LogP contribution in [0.15, 0.2) is 45.9 Å². The Balaban J connectivity index is 2.24. The highest BCUT2D eigenvalue weighted by atomic mass is 79.9. The third-order valence-corrected chi connectivity index (χ3v) is 4.40. The predicted octanol–water partition coefficient (Wildman–Crippen LogP) is 1.73. The molecule has 0 amide bonds. The topological polar surface area (TPSA) is 81.2 Å². The Morgan fingerprint density at radius 3 is 2.80 bits per heavy atom. The van der Waals surface area contributed by atoms with Crippen molar-refractivity contribution < 1.29 is 13.2 Å². The molecule has 2 aromatic rings. The first-order valence-electron chi connectivity index (χ1n) is 5.63. The van der Waals surface area contributed by atoms with E-state index in [0.717, 1.165) is 0 Å². The van der Waals surface area contributed by atoms with Gasteiger partial charge in [-0.15, -0.1) is 0 Å². The second-order valence-electron chi connectivity index (χ2n) is 3.83. The summed E-state index contributed by atoms with van der Waals surface area (Å²) >= 11 is 3.24. The van der Waals surface area contributed by atoms with Gasteiger partial charge in [0.2, 0.25) is 10.0 Å². The van der Waals surface area contributed by atoms with Gasteiger partial charge in [-0.1, -0.05) is 15.9 Å². The molecule has 1 aromatic heterocycles. The molecule has 106 valence electrons. The Labute approximate surface area is 125 Å². The maximum absolute atomic E-state index is 12.3. The van der Waals surface area contributed by atoms with Crippen LogP contribution in [-0.4, -0.2) is 25.7 Å². The Hall–Kier alpha value is -1.51. The lowest BCUT2D eigenvalue weighted by Gasteiger charge is -2.10. The molecule has 0 radical (unpaired) electrons. The van der Waals surface area contributed by atoms with Crippen molar-refractivity contribution in [3.8, 4) is 5.75 Å². The van der Waals surface area contributed by atoms with Crippen molar-refractivity contribution in [2.24, 2.45) is 0 Å². The van der Waals surface area contributed by atoms with Crippen LogP contribution in [0.5, 0.6) is 5.75 Å². The molecule has 20 heavy (non-hydrogen) atoms. The molecule has 6 nitrogen and oxygen atoms in total. The Bertz CT molecular complexity index is 692. The molecule has 0 saturated heterocycles. The maximum Gasteiger partial charge on any atom is 0.244 e. The van der Waals surface area contributed by atoms with E-state index in [1.807, 2.05) is 0 Å². The van der Waals surface area contributed by atoms with E-state index < -0.39 is 10.0 Å². The summed E-state index contributed by atoms with van der Waals surface area (Å²) in [7, 11) is -2.27. The molecule has 0 aliphatic heterocycles. The second kappa shape index (κ2) is 6.29. The van der Waals surface area contributed by atoms with E-state index in [4.69, 9.17) is 4.74 Å². The van der Waals surface area contributed by atoms with Crippen LogP contribution in [0.1, 0.15) is 5.69 Å². The smallest absolute Gasteiger partial charge is 0.244 e. The lowest BCUT2D eigenvalue weighted by atomic mass is 10.3. The molecule has 0 bridgehead atoms. The van der Waals surface area contributed by atoms with Gasteiger partial charge in [0.25, 0.3) is 0 Å². The molecule has 1 N–H and O–H groups in total. The van der Waals surface area contributed by atoms with Crippen molar-refractivity contribution in [1.82, 2.24) is 14.9 Å². The monoisotopic (exact) mass is 357 g/mol.